The zero-order chi connectivity index (χ0) is 12.8. The van der Waals surface area contributed by atoms with E-state index in [1.54, 1.807) is 0 Å². The topological polar surface area (TPSA) is 63.3 Å². The zero-order valence-electron chi connectivity index (χ0n) is 10.3. The molecule has 1 unspecified atom stereocenters. The third-order valence-corrected chi connectivity index (χ3v) is 4.52. The molecule has 2 heterocycles. The highest BCUT2D eigenvalue weighted by atomic mass is 16.6. The van der Waals surface area contributed by atoms with E-state index in [4.69, 9.17) is 16.0 Å². The molecule has 3 fully saturated rings. The lowest BCUT2D eigenvalue weighted by atomic mass is 9.76. The number of aliphatic hydroxyl groups excluding tert-OH is 2. The van der Waals surface area contributed by atoms with E-state index in [0.29, 0.717) is 19.4 Å². The number of ether oxygens (including phenoxy) is 2. The molecule has 0 aromatic rings. The van der Waals surface area contributed by atoms with E-state index >= 15 is 0 Å². The molecule has 2 saturated heterocycles. The molecule has 3 rings (SSSR count). The number of nitrogens with zero attached hydrogens (tertiary/aromatic N) is 1. The van der Waals surface area contributed by atoms with Gasteiger partial charge < -0.3 is 24.5 Å². The first kappa shape index (κ1) is 12.4. The summed E-state index contributed by atoms with van der Waals surface area (Å²) >= 11 is 0. The summed E-state index contributed by atoms with van der Waals surface area (Å²) in [7, 11) is 0. The summed E-state index contributed by atoms with van der Waals surface area (Å²) in [5, 5.41) is 19.7. The lowest BCUT2D eigenvalue weighted by Crippen LogP contribution is -2.54. The molecular formula is C13H19NO4. The Bertz CT molecular complexity index is 368. The summed E-state index contributed by atoms with van der Waals surface area (Å²) in [6.45, 7) is 7.32. The second-order valence-electron chi connectivity index (χ2n) is 5.68. The van der Waals surface area contributed by atoms with Crippen molar-refractivity contribution in [1.82, 2.24) is 0 Å². The SMILES string of the molecule is [C-]#[N+]CC[C@H]1CC[C@@H]2O[C@H]3C[C@]2(C[C@@H](O)C3O)O1. The minimum Gasteiger partial charge on any atom is -0.390 e. The monoisotopic (exact) mass is 253 g/mol. The predicted octanol–water partition coefficient (Wildman–Crippen LogP) is 0.497. The summed E-state index contributed by atoms with van der Waals surface area (Å²) in [5.74, 6) is 0. The number of fused-ring (bicyclic) bond motifs is 1. The van der Waals surface area contributed by atoms with Crippen molar-refractivity contribution in [3.63, 3.8) is 0 Å². The van der Waals surface area contributed by atoms with Crippen LogP contribution in [0.1, 0.15) is 32.1 Å². The van der Waals surface area contributed by atoms with Gasteiger partial charge in [-0.1, -0.05) is 0 Å². The van der Waals surface area contributed by atoms with E-state index < -0.39 is 17.8 Å². The largest absolute Gasteiger partial charge is 0.390 e. The molecule has 0 aromatic heterocycles. The maximum atomic E-state index is 9.90. The molecule has 2 N–H and O–H groups in total. The van der Waals surface area contributed by atoms with E-state index in [2.05, 4.69) is 4.85 Å². The smallest absolute Gasteiger partial charge is 0.217 e. The van der Waals surface area contributed by atoms with Gasteiger partial charge in [0.15, 0.2) is 0 Å². The molecule has 0 radical (unpaired) electrons. The van der Waals surface area contributed by atoms with Gasteiger partial charge in [0, 0.05) is 19.3 Å². The summed E-state index contributed by atoms with van der Waals surface area (Å²) in [4.78, 5) is 3.37. The number of hydrogen-bond donors (Lipinski definition) is 2. The van der Waals surface area contributed by atoms with Crippen LogP contribution in [0.25, 0.3) is 4.85 Å². The van der Waals surface area contributed by atoms with Crippen molar-refractivity contribution in [2.45, 2.75) is 68.2 Å². The first-order valence-corrected chi connectivity index (χ1v) is 6.67. The van der Waals surface area contributed by atoms with Crippen molar-refractivity contribution >= 4 is 0 Å². The van der Waals surface area contributed by atoms with Crippen molar-refractivity contribution in [3.05, 3.63) is 11.4 Å². The Morgan fingerprint density at radius 3 is 2.89 bits per heavy atom. The first-order chi connectivity index (χ1) is 8.64. The van der Waals surface area contributed by atoms with Gasteiger partial charge in [0.05, 0.1) is 30.0 Å². The van der Waals surface area contributed by atoms with Crippen LogP contribution in [0.4, 0.5) is 0 Å². The van der Waals surface area contributed by atoms with Gasteiger partial charge in [-0.3, -0.25) is 0 Å². The van der Waals surface area contributed by atoms with Crippen molar-refractivity contribution < 1.29 is 19.7 Å². The fourth-order valence-electron chi connectivity index (χ4n) is 3.64. The Kier molecular flexibility index (Phi) is 3.07. The third-order valence-electron chi connectivity index (χ3n) is 4.52. The predicted molar refractivity (Wildman–Crippen MR) is 62.8 cm³/mol. The van der Waals surface area contributed by atoms with Crippen molar-refractivity contribution in [3.8, 4) is 0 Å². The lowest BCUT2D eigenvalue weighted by Gasteiger charge is -2.44. The minimum atomic E-state index is -0.786. The maximum Gasteiger partial charge on any atom is 0.217 e. The molecule has 5 nitrogen and oxygen atoms in total. The van der Waals surface area contributed by atoms with Crippen molar-refractivity contribution in [2.24, 2.45) is 0 Å². The summed E-state index contributed by atoms with van der Waals surface area (Å²) in [6.07, 6.45) is 1.94. The van der Waals surface area contributed by atoms with Crippen LogP contribution in [0.15, 0.2) is 0 Å². The Morgan fingerprint density at radius 2 is 2.11 bits per heavy atom. The second-order valence-corrected chi connectivity index (χ2v) is 5.68. The average molecular weight is 253 g/mol. The van der Waals surface area contributed by atoms with Crippen LogP contribution >= 0.6 is 0 Å². The number of rotatable bonds is 2. The Labute approximate surface area is 107 Å². The molecule has 1 saturated carbocycles. The van der Waals surface area contributed by atoms with Crippen LogP contribution in [-0.2, 0) is 9.47 Å². The van der Waals surface area contributed by atoms with Crippen LogP contribution in [0.3, 0.4) is 0 Å². The van der Waals surface area contributed by atoms with Gasteiger partial charge in [0.25, 0.3) is 0 Å². The fourth-order valence-corrected chi connectivity index (χ4v) is 3.64. The van der Waals surface area contributed by atoms with Gasteiger partial charge in [-0.25, -0.2) is 6.57 Å². The van der Waals surface area contributed by atoms with Crippen LogP contribution in [0.2, 0.25) is 0 Å². The van der Waals surface area contributed by atoms with Gasteiger partial charge in [0.2, 0.25) is 6.54 Å². The third kappa shape index (κ3) is 1.84. The second kappa shape index (κ2) is 4.46. The van der Waals surface area contributed by atoms with Gasteiger partial charge >= 0.3 is 0 Å². The van der Waals surface area contributed by atoms with Crippen LogP contribution in [-0.4, -0.2) is 52.9 Å². The van der Waals surface area contributed by atoms with Gasteiger partial charge in [0.1, 0.15) is 6.10 Å². The van der Waals surface area contributed by atoms with Crippen LogP contribution in [0.5, 0.6) is 0 Å². The fraction of sp³-hybridized carbons (Fsp3) is 0.923. The molecule has 18 heavy (non-hydrogen) atoms. The Balaban J connectivity index is 1.74. The Hall–Kier alpha value is -0.670. The highest BCUT2D eigenvalue weighted by Gasteiger charge is 2.59. The van der Waals surface area contributed by atoms with E-state index in [9.17, 15) is 10.2 Å². The maximum absolute atomic E-state index is 9.90. The Morgan fingerprint density at radius 1 is 1.28 bits per heavy atom. The van der Waals surface area contributed by atoms with Crippen molar-refractivity contribution in [2.75, 3.05) is 6.54 Å². The van der Waals surface area contributed by atoms with Crippen molar-refractivity contribution in [1.29, 1.82) is 0 Å². The zero-order valence-corrected chi connectivity index (χ0v) is 10.3. The molecule has 3 aliphatic rings. The molecule has 1 aliphatic carbocycles. The molecule has 2 bridgehead atoms. The highest BCUT2D eigenvalue weighted by Crippen LogP contribution is 2.49. The molecule has 5 heteroatoms. The van der Waals surface area contributed by atoms with Gasteiger partial charge in [-0.15, -0.1) is 0 Å². The first-order valence-electron chi connectivity index (χ1n) is 6.67. The van der Waals surface area contributed by atoms with E-state index in [-0.39, 0.29) is 18.3 Å². The normalized spacial score (nSPS) is 50.6. The summed E-state index contributed by atoms with van der Waals surface area (Å²) in [5.41, 5.74) is -0.422. The summed E-state index contributed by atoms with van der Waals surface area (Å²) < 4.78 is 12.0. The number of hydrogen-bond acceptors (Lipinski definition) is 4. The summed E-state index contributed by atoms with van der Waals surface area (Å²) in [6, 6.07) is 0. The molecule has 6 atom stereocenters. The molecular weight excluding hydrogens is 234 g/mol. The molecule has 2 aliphatic heterocycles. The molecule has 100 valence electrons. The van der Waals surface area contributed by atoms with Gasteiger partial charge in [-0.2, -0.15) is 0 Å². The van der Waals surface area contributed by atoms with Crippen LogP contribution < -0.4 is 0 Å². The standard InChI is InChI=1S/C13H19NO4/c1-14-5-4-8-2-3-11-13(18-8)6-9(15)12(16)10(7-13)17-11/h8-12,15-16H,2-7H2/t8-,9-,10+,11+,12?,13+/m1/s1. The quantitative estimate of drug-likeness (QED) is 0.703. The van der Waals surface area contributed by atoms with E-state index in [0.717, 1.165) is 19.3 Å². The minimum absolute atomic E-state index is 0.00140. The van der Waals surface area contributed by atoms with E-state index in [1.165, 1.54) is 0 Å². The van der Waals surface area contributed by atoms with E-state index in [1.807, 2.05) is 0 Å². The number of aliphatic hydroxyl groups is 2. The van der Waals surface area contributed by atoms with Crippen LogP contribution in [0, 0.1) is 6.57 Å². The average Bonchev–Trinajstić information content (AvgIpc) is 2.68. The van der Waals surface area contributed by atoms with Gasteiger partial charge in [-0.05, 0) is 12.8 Å². The highest BCUT2D eigenvalue weighted by molar-refractivity contribution is 5.09. The molecule has 1 spiro atoms. The molecule has 0 amide bonds. The lowest BCUT2D eigenvalue weighted by molar-refractivity contribution is -0.177. The molecule has 0 aromatic carbocycles.